The summed E-state index contributed by atoms with van der Waals surface area (Å²) in [6.07, 6.45) is 1.50. The van der Waals surface area contributed by atoms with E-state index in [0.29, 0.717) is 11.6 Å². The van der Waals surface area contributed by atoms with Crippen LogP contribution in [-0.4, -0.2) is 29.6 Å². The smallest absolute Gasteiger partial charge is 0.226 e. The Kier molecular flexibility index (Phi) is 4.47. The van der Waals surface area contributed by atoms with Crippen LogP contribution in [0.5, 0.6) is 0 Å². The molecule has 0 aliphatic carbocycles. The topological polar surface area (TPSA) is 64.3 Å². The monoisotopic (exact) mass is 230 g/mol. The van der Waals surface area contributed by atoms with Crippen molar-refractivity contribution in [2.75, 3.05) is 6.61 Å². The number of rotatable bonds is 4. The molecule has 0 aromatic rings. The largest absolute Gasteiger partial charge is 0.392 e. The molecular weight excluding hydrogens is 212 g/mol. The molecule has 3 atom stereocenters. The van der Waals surface area contributed by atoms with Gasteiger partial charge in [-0.1, -0.05) is 19.1 Å². The van der Waals surface area contributed by atoms with Crippen LogP contribution in [0, 0.1) is 5.92 Å². The first-order valence-electron chi connectivity index (χ1n) is 5.27. The van der Waals surface area contributed by atoms with E-state index in [1.165, 1.54) is 0 Å². The lowest BCUT2D eigenvalue weighted by molar-refractivity contribution is -0.126. The number of ether oxygens (including phenoxy) is 1. The molecule has 0 spiro atoms. The number of nitrogens with one attached hydrogen (secondary N) is 1. The highest BCUT2D eigenvalue weighted by Gasteiger charge is 2.31. The number of nitrogens with two attached hydrogens (primary N) is 1. The van der Waals surface area contributed by atoms with Gasteiger partial charge in [-0.05, 0) is 19.8 Å². The van der Waals surface area contributed by atoms with Crippen LogP contribution in [0.25, 0.3) is 0 Å². The predicted molar refractivity (Wildman–Crippen MR) is 62.5 cm³/mol. The summed E-state index contributed by atoms with van der Waals surface area (Å²) in [5.74, 6) is -0.0620. The number of amides is 1. The molecule has 1 heterocycles. The fourth-order valence-electron chi connectivity index (χ4n) is 1.73. The van der Waals surface area contributed by atoms with E-state index >= 15 is 0 Å². The molecule has 15 heavy (non-hydrogen) atoms. The van der Waals surface area contributed by atoms with Crippen LogP contribution in [0.3, 0.4) is 0 Å². The van der Waals surface area contributed by atoms with E-state index in [0.717, 1.165) is 12.8 Å². The van der Waals surface area contributed by atoms with E-state index in [1.54, 1.807) is 0 Å². The fourth-order valence-corrected chi connectivity index (χ4v) is 1.95. The molecule has 3 N–H and O–H groups in total. The van der Waals surface area contributed by atoms with Gasteiger partial charge in [0, 0.05) is 6.61 Å². The maximum absolute atomic E-state index is 11.8. The molecule has 0 aromatic heterocycles. The minimum absolute atomic E-state index is 0.000324. The molecule has 0 saturated carbocycles. The van der Waals surface area contributed by atoms with Crippen molar-refractivity contribution >= 4 is 23.1 Å². The number of hydrogen-bond acceptors (Lipinski definition) is 3. The second-order valence-electron chi connectivity index (χ2n) is 3.84. The summed E-state index contributed by atoms with van der Waals surface area (Å²) < 4.78 is 5.34. The lowest BCUT2D eigenvalue weighted by atomic mass is 10.0. The van der Waals surface area contributed by atoms with Crippen LogP contribution < -0.4 is 11.1 Å². The van der Waals surface area contributed by atoms with Gasteiger partial charge in [0.2, 0.25) is 5.91 Å². The summed E-state index contributed by atoms with van der Waals surface area (Å²) in [4.78, 5) is 12.2. The van der Waals surface area contributed by atoms with Gasteiger partial charge in [-0.25, -0.2) is 0 Å². The van der Waals surface area contributed by atoms with Gasteiger partial charge in [-0.15, -0.1) is 0 Å². The SMILES string of the molecule is CCC(NC(=O)C1CCOC1C)C(N)=S. The van der Waals surface area contributed by atoms with Gasteiger partial charge in [-0.2, -0.15) is 0 Å². The van der Waals surface area contributed by atoms with Gasteiger partial charge < -0.3 is 15.8 Å². The Balaban J connectivity index is 2.50. The molecule has 1 fully saturated rings. The van der Waals surface area contributed by atoms with Crippen molar-refractivity contribution in [1.29, 1.82) is 0 Å². The third kappa shape index (κ3) is 3.14. The summed E-state index contributed by atoms with van der Waals surface area (Å²) in [6.45, 7) is 4.51. The zero-order valence-electron chi connectivity index (χ0n) is 9.16. The molecule has 1 amide bonds. The number of hydrogen-bond donors (Lipinski definition) is 2. The maximum Gasteiger partial charge on any atom is 0.226 e. The van der Waals surface area contributed by atoms with Crippen LogP contribution >= 0.6 is 12.2 Å². The van der Waals surface area contributed by atoms with E-state index in [9.17, 15) is 4.79 Å². The third-order valence-corrected chi connectivity index (χ3v) is 3.07. The maximum atomic E-state index is 11.8. The molecule has 1 aliphatic rings. The second-order valence-corrected chi connectivity index (χ2v) is 4.31. The molecule has 3 unspecified atom stereocenters. The van der Waals surface area contributed by atoms with Crippen molar-refractivity contribution in [3.05, 3.63) is 0 Å². The summed E-state index contributed by atoms with van der Waals surface area (Å²) >= 11 is 4.87. The summed E-state index contributed by atoms with van der Waals surface area (Å²) in [5, 5.41) is 2.85. The van der Waals surface area contributed by atoms with Gasteiger partial charge >= 0.3 is 0 Å². The Morgan fingerprint density at radius 1 is 1.73 bits per heavy atom. The van der Waals surface area contributed by atoms with E-state index in [-0.39, 0.29) is 24.0 Å². The highest BCUT2D eigenvalue weighted by atomic mass is 32.1. The Bertz CT molecular complexity index is 258. The Labute approximate surface area is 95.5 Å². The van der Waals surface area contributed by atoms with Crippen LogP contribution in [0.2, 0.25) is 0 Å². The van der Waals surface area contributed by atoms with Gasteiger partial charge in [-0.3, -0.25) is 4.79 Å². The first-order valence-corrected chi connectivity index (χ1v) is 5.68. The van der Waals surface area contributed by atoms with E-state index in [2.05, 4.69) is 5.32 Å². The standard InChI is InChI=1S/C10H18N2O2S/c1-3-8(9(11)15)12-10(13)7-4-5-14-6(7)2/h6-8H,3-5H2,1-2H3,(H2,11,15)(H,12,13). The quantitative estimate of drug-likeness (QED) is 0.694. The molecule has 1 aliphatic heterocycles. The Morgan fingerprint density at radius 3 is 2.80 bits per heavy atom. The highest BCUT2D eigenvalue weighted by Crippen LogP contribution is 2.20. The lowest BCUT2D eigenvalue weighted by Gasteiger charge is -2.19. The van der Waals surface area contributed by atoms with Crippen LogP contribution in [-0.2, 0) is 9.53 Å². The second kappa shape index (κ2) is 5.42. The first kappa shape index (κ1) is 12.4. The fraction of sp³-hybridized carbons (Fsp3) is 0.800. The molecular formula is C10H18N2O2S. The normalized spacial score (nSPS) is 27.3. The molecule has 86 valence electrons. The van der Waals surface area contributed by atoms with Gasteiger partial charge in [0.1, 0.15) is 0 Å². The molecule has 4 nitrogen and oxygen atoms in total. The summed E-state index contributed by atoms with van der Waals surface area (Å²) in [5.41, 5.74) is 5.51. The van der Waals surface area contributed by atoms with Crippen LogP contribution in [0.15, 0.2) is 0 Å². The highest BCUT2D eigenvalue weighted by molar-refractivity contribution is 7.80. The Morgan fingerprint density at radius 2 is 2.40 bits per heavy atom. The minimum atomic E-state index is -0.194. The average Bonchev–Trinajstić information content (AvgIpc) is 2.60. The summed E-state index contributed by atoms with van der Waals surface area (Å²) in [7, 11) is 0. The van der Waals surface area contributed by atoms with Crippen molar-refractivity contribution in [1.82, 2.24) is 5.32 Å². The predicted octanol–water partition coefficient (Wildman–Crippen LogP) is 0.592. The van der Waals surface area contributed by atoms with Crippen molar-refractivity contribution in [2.24, 2.45) is 11.7 Å². The molecule has 1 saturated heterocycles. The van der Waals surface area contributed by atoms with Crippen molar-refractivity contribution in [3.63, 3.8) is 0 Å². The minimum Gasteiger partial charge on any atom is -0.392 e. The van der Waals surface area contributed by atoms with Crippen LogP contribution in [0.1, 0.15) is 26.7 Å². The van der Waals surface area contributed by atoms with Gasteiger partial charge in [0.25, 0.3) is 0 Å². The van der Waals surface area contributed by atoms with Crippen molar-refractivity contribution < 1.29 is 9.53 Å². The van der Waals surface area contributed by atoms with Crippen molar-refractivity contribution in [3.8, 4) is 0 Å². The van der Waals surface area contributed by atoms with Crippen molar-refractivity contribution in [2.45, 2.75) is 38.8 Å². The average molecular weight is 230 g/mol. The van der Waals surface area contributed by atoms with Crippen LogP contribution in [0.4, 0.5) is 0 Å². The van der Waals surface area contributed by atoms with Gasteiger partial charge in [0.05, 0.1) is 23.1 Å². The molecule has 1 rings (SSSR count). The lowest BCUT2D eigenvalue weighted by Crippen LogP contribution is -2.46. The number of carbonyl (C=O) groups excluding carboxylic acids is 1. The Hall–Kier alpha value is -0.680. The number of thiocarbonyl (C=S) groups is 1. The van der Waals surface area contributed by atoms with E-state index in [4.69, 9.17) is 22.7 Å². The molecule has 5 heteroatoms. The first-order chi connectivity index (χ1) is 7.06. The zero-order valence-corrected chi connectivity index (χ0v) is 9.97. The number of carbonyl (C=O) groups is 1. The molecule has 0 bridgehead atoms. The molecule has 0 aromatic carbocycles. The molecule has 0 radical (unpaired) electrons. The third-order valence-electron chi connectivity index (χ3n) is 2.78. The van der Waals surface area contributed by atoms with E-state index < -0.39 is 0 Å². The zero-order chi connectivity index (χ0) is 11.4. The van der Waals surface area contributed by atoms with Gasteiger partial charge in [0.15, 0.2) is 0 Å². The van der Waals surface area contributed by atoms with E-state index in [1.807, 2.05) is 13.8 Å². The summed E-state index contributed by atoms with van der Waals surface area (Å²) in [6, 6.07) is -0.194.